The van der Waals surface area contributed by atoms with Crippen molar-refractivity contribution in [2.75, 3.05) is 24.1 Å². The summed E-state index contributed by atoms with van der Waals surface area (Å²) < 4.78 is 28.9. The highest BCUT2D eigenvalue weighted by atomic mass is 32.2. The van der Waals surface area contributed by atoms with Crippen molar-refractivity contribution in [3.8, 4) is 0 Å². The van der Waals surface area contributed by atoms with Crippen molar-refractivity contribution in [2.45, 2.75) is 55.4 Å². The molecule has 5 rings (SSSR count). The van der Waals surface area contributed by atoms with E-state index in [0.717, 1.165) is 55.5 Å². The molecule has 0 spiro atoms. The van der Waals surface area contributed by atoms with Crippen LogP contribution in [0.15, 0.2) is 41.6 Å². The summed E-state index contributed by atoms with van der Waals surface area (Å²) in [4.78, 5) is 4.80. The Hall–Kier alpha value is -2.69. The summed E-state index contributed by atoms with van der Waals surface area (Å²) >= 11 is 0. The number of nitrogens with two attached hydrogens (primary N) is 2. The Morgan fingerprint density at radius 1 is 1.03 bits per heavy atom. The number of aromatic nitrogens is 3. The SMILES string of the molecule is Nc1nn2ccnc2c(Nc2ccc(S(=O)(=O)N3CCCC3)cc2)c1C1CCC(N)CC1. The number of imidazole rings is 1. The van der Waals surface area contributed by atoms with Crippen molar-refractivity contribution in [3.63, 3.8) is 0 Å². The second-order valence-electron chi connectivity index (χ2n) is 8.74. The number of nitrogen functional groups attached to an aromatic ring is 1. The van der Waals surface area contributed by atoms with Gasteiger partial charge in [-0.1, -0.05) is 0 Å². The number of sulfonamides is 1. The first kappa shape index (κ1) is 21.2. The van der Waals surface area contributed by atoms with Gasteiger partial charge in [-0.25, -0.2) is 17.9 Å². The minimum Gasteiger partial charge on any atom is -0.382 e. The number of rotatable bonds is 5. The first-order valence-electron chi connectivity index (χ1n) is 11.2. The zero-order valence-electron chi connectivity index (χ0n) is 17.9. The molecular weight excluding hydrogens is 426 g/mol. The van der Waals surface area contributed by atoms with Crippen LogP contribution in [0, 0.1) is 0 Å². The lowest BCUT2D eigenvalue weighted by atomic mass is 9.81. The Kier molecular flexibility index (Phi) is 5.52. The lowest BCUT2D eigenvalue weighted by Gasteiger charge is -2.28. The van der Waals surface area contributed by atoms with E-state index >= 15 is 0 Å². The maximum absolute atomic E-state index is 12.8. The largest absolute Gasteiger partial charge is 0.382 e. The molecule has 3 aromatic rings. The fourth-order valence-electron chi connectivity index (χ4n) is 4.85. The molecule has 0 bridgehead atoms. The summed E-state index contributed by atoms with van der Waals surface area (Å²) in [6, 6.07) is 7.13. The summed E-state index contributed by atoms with van der Waals surface area (Å²) in [5.74, 6) is 0.730. The lowest BCUT2D eigenvalue weighted by Crippen LogP contribution is -2.27. The third-order valence-electron chi connectivity index (χ3n) is 6.61. The summed E-state index contributed by atoms with van der Waals surface area (Å²) in [5.41, 5.74) is 15.8. The molecular formula is C22H29N7O2S. The molecule has 5 N–H and O–H groups in total. The first-order valence-corrected chi connectivity index (χ1v) is 12.6. The summed E-state index contributed by atoms with van der Waals surface area (Å²) in [6.07, 6.45) is 9.09. The van der Waals surface area contributed by atoms with Crippen molar-refractivity contribution in [1.29, 1.82) is 0 Å². The number of hydrogen-bond acceptors (Lipinski definition) is 7. The van der Waals surface area contributed by atoms with Gasteiger partial charge in [0.05, 0.1) is 10.6 Å². The van der Waals surface area contributed by atoms with E-state index in [4.69, 9.17) is 11.5 Å². The van der Waals surface area contributed by atoms with Crippen LogP contribution in [0.5, 0.6) is 0 Å². The van der Waals surface area contributed by atoms with E-state index in [9.17, 15) is 8.42 Å². The molecule has 2 fully saturated rings. The predicted octanol–water partition coefficient (Wildman–Crippen LogP) is 2.82. The summed E-state index contributed by atoms with van der Waals surface area (Å²) in [5, 5.41) is 7.95. The van der Waals surface area contributed by atoms with Gasteiger partial charge in [0.15, 0.2) is 5.65 Å². The summed E-state index contributed by atoms with van der Waals surface area (Å²) in [7, 11) is -3.44. The molecule has 3 heterocycles. The highest BCUT2D eigenvalue weighted by molar-refractivity contribution is 7.89. The van der Waals surface area contributed by atoms with Crippen LogP contribution in [0.1, 0.15) is 50.0 Å². The van der Waals surface area contributed by atoms with Crippen LogP contribution < -0.4 is 16.8 Å². The maximum atomic E-state index is 12.8. The Labute approximate surface area is 187 Å². The Morgan fingerprint density at radius 2 is 1.72 bits per heavy atom. The van der Waals surface area contributed by atoms with Gasteiger partial charge in [-0.05, 0) is 68.7 Å². The molecule has 0 atom stereocenters. The first-order chi connectivity index (χ1) is 15.4. The van der Waals surface area contributed by atoms with Gasteiger partial charge in [-0.3, -0.25) is 0 Å². The van der Waals surface area contributed by atoms with Crippen LogP contribution in [-0.2, 0) is 10.0 Å². The molecule has 10 heteroatoms. The molecule has 9 nitrogen and oxygen atoms in total. The Bertz CT molecular complexity index is 1210. The molecule has 2 aromatic heterocycles. The van der Waals surface area contributed by atoms with E-state index in [-0.39, 0.29) is 12.0 Å². The highest BCUT2D eigenvalue weighted by Gasteiger charge is 2.28. The molecule has 2 aliphatic rings. The maximum Gasteiger partial charge on any atom is 0.243 e. The average molecular weight is 456 g/mol. The minimum absolute atomic E-state index is 0.233. The van der Waals surface area contributed by atoms with E-state index in [1.807, 2.05) is 0 Å². The van der Waals surface area contributed by atoms with E-state index in [0.29, 0.717) is 29.5 Å². The van der Waals surface area contributed by atoms with E-state index in [2.05, 4.69) is 15.4 Å². The monoisotopic (exact) mass is 455 g/mol. The van der Waals surface area contributed by atoms with Crippen molar-refractivity contribution in [3.05, 3.63) is 42.2 Å². The van der Waals surface area contributed by atoms with E-state index < -0.39 is 10.0 Å². The smallest absolute Gasteiger partial charge is 0.243 e. The molecule has 1 saturated heterocycles. The van der Waals surface area contributed by atoms with Gasteiger partial charge in [0, 0.05) is 42.8 Å². The van der Waals surface area contributed by atoms with Crippen molar-refractivity contribution in [1.82, 2.24) is 18.9 Å². The third kappa shape index (κ3) is 3.82. The van der Waals surface area contributed by atoms with Gasteiger partial charge < -0.3 is 16.8 Å². The van der Waals surface area contributed by atoms with Crippen LogP contribution in [0.2, 0.25) is 0 Å². The fourth-order valence-corrected chi connectivity index (χ4v) is 6.37. The number of nitrogens with zero attached hydrogens (tertiary/aromatic N) is 4. The number of anilines is 3. The number of nitrogens with one attached hydrogen (secondary N) is 1. The van der Waals surface area contributed by atoms with E-state index in [1.54, 1.807) is 45.5 Å². The molecule has 0 unspecified atom stereocenters. The van der Waals surface area contributed by atoms with Crippen molar-refractivity contribution in [2.24, 2.45) is 5.73 Å². The molecule has 170 valence electrons. The minimum atomic E-state index is -3.44. The zero-order chi connectivity index (χ0) is 22.3. The molecule has 1 aliphatic heterocycles. The Balaban J connectivity index is 1.48. The highest BCUT2D eigenvalue weighted by Crippen LogP contribution is 2.41. The second kappa shape index (κ2) is 8.34. The number of hydrogen-bond donors (Lipinski definition) is 3. The van der Waals surface area contributed by atoms with Crippen LogP contribution in [0.25, 0.3) is 5.65 Å². The second-order valence-corrected chi connectivity index (χ2v) is 10.7. The van der Waals surface area contributed by atoms with Crippen molar-refractivity contribution < 1.29 is 8.42 Å². The van der Waals surface area contributed by atoms with Crippen molar-refractivity contribution >= 4 is 32.9 Å². The van der Waals surface area contributed by atoms with Crippen LogP contribution in [0.4, 0.5) is 17.2 Å². The third-order valence-corrected chi connectivity index (χ3v) is 8.53. The Morgan fingerprint density at radius 3 is 2.41 bits per heavy atom. The molecule has 1 saturated carbocycles. The van der Waals surface area contributed by atoms with Crippen LogP contribution in [0.3, 0.4) is 0 Å². The predicted molar refractivity (Wildman–Crippen MR) is 124 cm³/mol. The van der Waals surface area contributed by atoms with Gasteiger partial charge in [0.25, 0.3) is 0 Å². The molecule has 32 heavy (non-hydrogen) atoms. The number of fused-ring (bicyclic) bond motifs is 1. The number of benzene rings is 1. The topological polar surface area (TPSA) is 132 Å². The standard InChI is InChI=1S/C22H29N7O2S/c23-16-5-3-15(4-6-16)19-20(22-25-11-14-29(22)27-21(19)24)26-17-7-9-18(10-8-17)32(30,31)28-12-1-2-13-28/h7-11,14-16,26H,1-6,12-13,23H2,(H2,24,27). The fraction of sp³-hybridized carbons (Fsp3) is 0.455. The molecule has 0 radical (unpaired) electrons. The summed E-state index contributed by atoms with van der Waals surface area (Å²) in [6.45, 7) is 1.18. The van der Waals surface area contributed by atoms with Crippen LogP contribution >= 0.6 is 0 Å². The zero-order valence-corrected chi connectivity index (χ0v) is 18.8. The van der Waals surface area contributed by atoms with Gasteiger partial charge >= 0.3 is 0 Å². The van der Waals surface area contributed by atoms with E-state index in [1.165, 1.54) is 0 Å². The normalized spacial score (nSPS) is 22.4. The van der Waals surface area contributed by atoms with Gasteiger partial charge in [0.1, 0.15) is 5.82 Å². The molecule has 1 aromatic carbocycles. The average Bonchev–Trinajstić information content (AvgIpc) is 3.48. The van der Waals surface area contributed by atoms with Crippen LogP contribution in [-0.4, -0.2) is 46.5 Å². The molecule has 1 aliphatic carbocycles. The van der Waals surface area contributed by atoms with Gasteiger partial charge in [-0.2, -0.15) is 4.31 Å². The molecule has 0 amide bonds. The quantitative estimate of drug-likeness (QED) is 0.539. The van der Waals surface area contributed by atoms with Gasteiger partial charge in [0.2, 0.25) is 10.0 Å². The van der Waals surface area contributed by atoms with Gasteiger partial charge in [-0.15, -0.1) is 5.10 Å². The lowest BCUT2D eigenvalue weighted by molar-refractivity contribution is 0.396.